The molecule has 1 N–H and O–H groups in total. The van der Waals surface area contributed by atoms with E-state index in [-0.39, 0.29) is 0 Å². The molecular weight excluding hydrogens is 254 g/mol. The van der Waals surface area contributed by atoms with Gasteiger partial charge in [0, 0.05) is 16.2 Å². The highest BCUT2D eigenvalue weighted by Gasteiger charge is 2.06. The summed E-state index contributed by atoms with van der Waals surface area (Å²) in [4.78, 5) is 6.11. The van der Waals surface area contributed by atoms with Gasteiger partial charge < -0.3 is 0 Å². The first-order chi connectivity index (χ1) is 9.31. The zero-order valence-electron chi connectivity index (χ0n) is 10.9. The highest BCUT2D eigenvalue weighted by atomic mass is 32.2. The van der Waals surface area contributed by atoms with Gasteiger partial charge in [-0.1, -0.05) is 55.1 Å². The minimum absolute atomic E-state index is 0.777. The lowest BCUT2D eigenvalue weighted by molar-refractivity contribution is 0.137. The summed E-state index contributed by atoms with van der Waals surface area (Å²) in [6.07, 6.45) is 0. The Kier molecular flexibility index (Phi) is 5.07. The summed E-state index contributed by atoms with van der Waals surface area (Å²) >= 11 is 1.80. The second-order valence-corrected chi connectivity index (χ2v) is 5.07. The van der Waals surface area contributed by atoms with Crippen molar-refractivity contribution in [3.05, 3.63) is 72.3 Å². The summed E-state index contributed by atoms with van der Waals surface area (Å²) in [6, 6.07) is 18.6. The minimum atomic E-state index is 0.777. The maximum Gasteiger partial charge on any atom is 0.0636 e. The first-order valence-corrected chi connectivity index (χ1v) is 7.04. The Hall–Kier alpha value is -1.71. The van der Waals surface area contributed by atoms with Crippen molar-refractivity contribution in [1.82, 2.24) is 5.48 Å². The van der Waals surface area contributed by atoms with Crippen LogP contribution in [-0.2, 0) is 10.6 Å². The van der Waals surface area contributed by atoms with Gasteiger partial charge in [-0.2, -0.15) is 0 Å². The zero-order chi connectivity index (χ0) is 13.5. The molecule has 0 aliphatic rings. The van der Waals surface area contributed by atoms with Gasteiger partial charge in [-0.05, 0) is 11.6 Å². The fourth-order valence-corrected chi connectivity index (χ4v) is 2.79. The summed E-state index contributed by atoms with van der Waals surface area (Å²) in [5.74, 6) is 0.943. The van der Waals surface area contributed by atoms with Crippen LogP contribution in [0.2, 0.25) is 0 Å². The van der Waals surface area contributed by atoms with Gasteiger partial charge in [0.1, 0.15) is 0 Å². The number of nitrogens with one attached hydrogen (secondary N) is 1. The molecular formula is C16H17NOS. The molecule has 0 aliphatic carbocycles. The summed E-state index contributed by atoms with van der Waals surface area (Å²) in [6.45, 7) is 3.98. The molecule has 0 unspecified atom stereocenters. The molecule has 3 heteroatoms. The van der Waals surface area contributed by atoms with E-state index in [0.717, 1.165) is 17.0 Å². The molecule has 0 spiro atoms. The van der Waals surface area contributed by atoms with Crippen LogP contribution in [0.3, 0.4) is 0 Å². The molecule has 2 aromatic carbocycles. The molecule has 19 heavy (non-hydrogen) atoms. The van der Waals surface area contributed by atoms with Gasteiger partial charge in [0.15, 0.2) is 0 Å². The molecule has 0 saturated heterocycles. The van der Waals surface area contributed by atoms with Gasteiger partial charge in [0.2, 0.25) is 0 Å². The van der Waals surface area contributed by atoms with Crippen LogP contribution in [0.25, 0.3) is 5.70 Å². The quantitative estimate of drug-likeness (QED) is 0.631. The van der Waals surface area contributed by atoms with E-state index in [4.69, 9.17) is 4.84 Å². The number of benzene rings is 2. The number of thioether (sulfide) groups is 1. The Bertz CT molecular complexity index is 539. The van der Waals surface area contributed by atoms with Crippen molar-refractivity contribution < 1.29 is 4.84 Å². The molecule has 0 atom stereocenters. The second-order valence-electron chi connectivity index (χ2n) is 4.06. The molecule has 0 saturated carbocycles. The van der Waals surface area contributed by atoms with Crippen molar-refractivity contribution in [2.75, 3.05) is 7.11 Å². The maximum atomic E-state index is 4.92. The largest absolute Gasteiger partial charge is 0.279 e. The van der Waals surface area contributed by atoms with Crippen LogP contribution in [0.4, 0.5) is 0 Å². The maximum absolute atomic E-state index is 4.92. The molecule has 2 rings (SSSR count). The van der Waals surface area contributed by atoms with Crippen LogP contribution >= 0.6 is 11.8 Å². The smallest absolute Gasteiger partial charge is 0.0636 e. The summed E-state index contributed by atoms with van der Waals surface area (Å²) in [7, 11) is 1.59. The van der Waals surface area contributed by atoms with Crippen molar-refractivity contribution in [2.24, 2.45) is 0 Å². The van der Waals surface area contributed by atoms with E-state index >= 15 is 0 Å². The Morgan fingerprint density at radius 2 is 1.79 bits per heavy atom. The Labute approximate surface area is 118 Å². The van der Waals surface area contributed by atoms with Crippen molar-refractivity contribution in [3.8, 4) is 0 Å². The van der Waals surface area contributed by atoms with Crippen LogP contribution in [0, 0.1) is 0 Å². The molecule has 0 heterocycles. The van der Waals surface area contributed by atoms with Crippen molar-refractivity contribution >= 4 is 17.5 Å². The molecule has 0 radical (unpaired) electrons. The van der Waals surface area contributed by atoms with Crippen LogP contribution in [0.1, 0.15) is 11.1 Å². The standard InChI is InChI=1S/C16H17NOS/c1-13(17-18-2)15-10-6-7-11-16(15)19-12-14-8-4-3-5-9-14/h3-11,17H,1,12H2,2H3. The lowest BCUT2D eigenvalue weighted by Gasteiger charge is -2.12. The first-order valence-electron chi connectivity index (χ1n) is 6.05. The predicted molar refractivity (Wildman–Crippen MR) is 81.6 cm³/mol. The molecule has 0 aromatic heterocycles. The summed E-state index contributed by atoms with van der Waals surface area (Å²) in [5.41, 5.74) is 5.96. The van der Waals surface area contributed by atoms with Crippen LogP contribution < -0.4 is 5.48 Å². The average molecular weight is 271 g/mol. The molecule has 2 nitrogen and oxygen atoms in total. The fourth-order valence-electron chi connectivity index (χ4n) is 1.76. The molecule has 2 aromatic rings. The number of hydrogen-bond donors (Lipinski definition) is 1. The first kappa shape index (κ1) is 13.7. The lowest BCUT2D eigenvalue weighted by Crippen LogP contribution is -2.09. The van der Waals surface area contributed by atoms with E-state index in [9.17, 15) is 0 Å². The van der Waals surface area contributed by atoms with Crippen LogP contribution in [0.5, 0.6) is 0 Å². The van der Waals surface area contributed by atoms with Crippen LogP contribution in [0.15, 0.2) is 66.1 Å². The normalized spacial score (nSPS) is 10.2. The summed E-state index contributed by atoms with van der Waals surface area (Å²) < 4.78 is 0. The van der Waals surface area contributed by atoms with E-state index in [2.05, 4.69) is 42.4 Å². The third-order valence-corrected chi connectivity index (χ3v) is 3.82. The third-order valence-electron chi connectivity index (χ3n) is 2.67. The molecule has 0 bridgehead atoms. The van der Waals surface area contributed by atoms with E-state index in [1.54, 1.807) is 18.9 Å². The van der Waals surface area contributed by atoms with Gasteiger partial charge in [0.25, 0.3) is 0 Å². The molecule has 0 aliphatic heterocycles. The molecule has 98 valence electrons. The lowest BCUT2D eigenvalue weighted by atomic mass is 10.2. The highest BCUT2D eigenvalue weighted by Crippen LogP contribution is 2.29. The highest BCUT2D eigenvalue weighted by molar-refractivity contribution is 7.98. The average Bonchev–Trinajstić information content (AvgIpc) is 2.47. The monoisotopic (exact) mass is 271 g/mol. The molecule has 0 amide bonds. The van der Waals surface area contributed by atoms with E-state index < -0.39 is 0 Å². The van der Waals surface area contributed by atoms with E-state index in [1.807, 2.05) is 24.3 Å². The van der Waals surface area contributed by atoms with Gasteiger partial charge in [0.05, 0.1) is 12.8 Å². The van der Waals surface area contributed by atoms with Crippen LogP contribution in [-0.4, -0.2) is 7.11 Å². The van der Waals surface area contributed by atoms with Crippen molar-refractivity contribution in [3.63, 3.8) is 0 Å². The Morgan fingerprint density at radius 1 is 1.11 bits per heavy atom. The Morgan fingerprint density at radius 3 is 2.53 bits per heavy atom. The van der Waals surface area contributed by atoms with E-state index in [0.29, 0.717) is 0 Å². The third kappa shape index (κ3) is 3.88. The van der Waals surface area contributed by atoms with Gasteiger partial charge in [-0.3, -0.25) is 10.3 Å². The number of hydrogen-bond acceptors (Lipinski definition) is 3. The van der Waals surface area contributed by atoms with Gasteiger partial charge in [-0.15, -0.1) is 11.8 Å². The predicted octanol–water partition coefficient (Wildman–Crippen LogP) is 4.10. The topological polar surface area (TPSA) is 21.3 Å². The minimum Gasteiger partial charge on any atom is -0.279 e. The fraction of sp³-hybridized carbons (Fsp3) is 0.125. The number of hydroxylamine groups is 1. The Balaban J connectivity index is 2.10. The van der Waals surface area contributed by atoms with E-state index in [1.165, 1.54) is 10.5 Å². The van der Waals surface area contributed by atoms with Crippen molar-refractivity contribution in [2.45, 2.75) is 10.6 Å². The van der Waals surface area contributed by atoms with Gasteiger partial charge >= 0.3 is 0 Å². The second kappa shape index (κ2) is 7.02. The summed E-state index contributed by atoms with van der Waals surface area (Å²) in [5, 5.41) is 0. The molecule has 0 fully saturated rings. The SMILES string of the molecule is C=C(NOC)c1ccccc1SCc1ccccc1. The zero-order valence-corrected chi connectivity index (χ0v) is 11.7. The number of rotatable bonds is 6. The van der Waals surface area contributed by atoms with Gasteiger partial charge in [-0.25, -0.2) is 0 Å². The van der Waals surface area contributed by atoms with Crippen molar-refractivity contribution in [1.29, 1.82) is 0 Å².